The predicted molar refractivity (Wildman–Crippen MR) is 118 cm³/mol. The molecule has 2 heterocycles. The van der Waals surface area contributed by atoms with E-state index in [1.54, 1.807) is 12.1 Å². The maximum Gasteiger partial charge on any atom is 0.494 e. The minimum absolute atomic E-state index is 0.0959. The van der Waals surface area contributed by atoms with Crippen molar-refractivity contribution in [2.24, 2.45) is 0 Å². The summed E-state index contributed by atoms with van der Waals surface area (Å²) >= 11 is 0. The van der Waals surface area contributed by atoms with Crippen molar-refractivity contribution < 1.29 is 30.9 Å². The van der Waals surface area contributed by atoms with Gasteiger partial charge in [-0.05, 0) is 63.0 Å². The van der Waals surface area contributed by atoms with E-state index in [1.807, 2.05) is 48.5 Å². The second-order valence-corrected chi connectivity index (χ2v) is 12.6. The normalized spacial score (nSPS) is 24.7. The number of sulfonamides is 1. The van der Waals surface area contributed by atoms with Crippen molar-refractivity contribution in [2.45, 2.75) is 101 Å². The lowest BCUT2D eigenvalue weighted by molar-refractivity contribution is -0.177. The minimum Gasteiger partial charge on any atom is -0.399 e. The van der Waals surface area contributed by atoms with Crippen LogP contribution >= 0.6 is 0 Å². The summed E-state index contributed by atoms with van der Waals surface area (Å²) in [5.41, 5.74) is -0.698. The molecular weight excluding hydrogens is 442 g/mol. The maximum absolute atomic E-state index is 13.6. The topological polar surface area (TPSA) is 55.8 Å². The van der Waals surface area contributed by atoms with Crippen molar-refractivity contribution >= 4 is 22.6 Å². The largest absolute Gasteiger partial charge is 0.494 e. The molecule has 1 aromatic rings. The first kappa shape index (κ1) is 25.5. The quantitative estimate of drug-likeness (QED) is 0.609. The molecule has 2 aliphatic rings. The number of hydrogen-bond acceptors (Lipinski definition) is 4. The van der Waals surface area contributed by atoms with Crippen LogP contribution in [0.5, 0.6) is 0 Å². The third-order valence-corrected chi connectivity index (χ3v) is 8.72. The van der Waals surface area contributed by atoms with Gasteiger partial charge >= 0.3 is 13.3 Å². The van der Waals surface area contributed by atoms with Crippen LogP contribution in [0.4, 0.5) is 13.2 Å². The van der Waals surface area contributed by atoms with E-state index in [1.165, 1.54) is 6.07 Å². The lowest BCUT2D eigenvalue weighted by Gasteiger charge is -2.37. The molecule has 0 bridgehead atoms. The van der Waals surface area contributed by atoms with Crippen LogP contribution in [0.15, 0.2) is 23.1 Å². The molecule has 10 heteroatoms. The molecular formula is C22H33BF3NO4S. The second-order valence-electron chi connectivity index (χ2n) is 10.8. The highest BCUT2D eigenvalue weighted by molar-refractivity contribution is 7.89. The van der Waals surface area contributed by atoms with E-state index < -0.39 is 46.0 Å². The zero-order chi connectivity index (χ0) is 24.3. The first-order valence-electron chi connectivity index (χ1n) is 11.0. The van der Waals surface area contributed by atoms with E-state index in [-0.39, 0.29) is 17.9 Å². The van der Waals surface area contributed by atoms with E-state index in [0.717, 1.165) is 0 Å². The van der Waals surface area contributed by atoms with Crippen LogP contribution < -0.4 is 5.46 Å². The molecule has 1 atom stereocenters. The third-order valence-electron chi connectivity index (χ3n) is 6.76. The van der Waals surface area contributed by atoms with Gasteiger partial charge in [0.15, 0.2) is 0 Å². The van der Waals surface area contributed by atoms with Crippen molar-refractivity contribution in [1.82, 2.24) is 4.31 Å². The average molecular weight is 475 g/mol. The Hall–Kier alpha value is -1.10. The number of halogens is 3. The Bertz CT molecular complexity index is 954. The summed E-state index contributed by atoms with van der Waals surface area (Å²) in [6, 6.07) is 2.67. The van der Waals surface area contributed by atoms with Gasteiger partial charge in [-0.2, -0.15) is 17.5 Å². The number of piperidine rings is 1. The van der Waals surface area contributed by atoms with Crippen molar-refractivity contribution in [2.75, 3.05) is 6.54 Å². The molecule has 0 amide bonds. The van der Waals surface area contributed by atoms with Gasteiger partial charge in [0.25, 0.3) is 0 Å². The Morgan fingerprint density at radius 1 is 1.03 bits per heavy atom. The molecule has 0 spiro atoms. The van der Waals surface area contributed by atoms with Crippen LogP contribution in [-0.4, -0.2) is 49.8 Å². The molecule has 0 aliphatic carbocycles. The molecule has 2 fully saturated rings. The van der Waals surface area contributed by atoms with Gasteiger partial charge in [-0.15, -0.1) is 0 Å². The molecule has 5 nitrogen and oxygen atoms in total. The zero-order valence-electron chi connectivity index (χ0n) is 19.8. The van der Waals surface area contributed by atoms with Gasteiger partial charge < -0.3 is 9.31 Å². The van der Waals surface area contributed by atoms with E-state index in [2.05, 4.69) is 0 Å². The molecule has 0 saturated carbocycles. The Morgan fingerprint density at radius 3 is 2.09 bits per heavy atom. The fourth-order valence-corrected chi connectivity index (χ4v) is 6.20. The van der Waals surface area contributed by atoms with Crippen LogP contribution in [0, 0.1) is 0 Å². The molecule has 1 aromatic carbocycles. The number of hydrogen-bond donors (Lipinski definition) is 0. The highest BCUT2D eigenvalue weighted by Crippen LogP contribution is 2.39. The van der Waals surface area contributed by atoms with Gasteiger partial charge in [-0.1, -0.05) is 39.3 Å². The number of rotatable bonds is 3. The van der Waals surface area contributed by atoms with Gasteiger partial charge in [0.05, 0.1) is 16.1 Å². The van der Waals surface area contributed by atoms with Crippen molar-refractivity contribution in [3.05, 3.63) is 23.8 Å². The van der Waals surface area contributed by atoms with Gasteiger partial charge in [0.1, 0.15) is 6.04 Å². The summed E-state index contributed by atoms with van der Waals surface area (Å²) < 4.78 is 80.8. The fourth-order valence-electron chi connectivity index (χ4n) is 4.13. The number of alkyl halides is 3. The van der Waals surface area contributed by atoms with Crippen molar-refractivity contribution in [3.8, 4) is 0 Å². The Morgan fingerprint density at radius 2 is 1.59 bits per heavy atom. The molecule has 32 heavy (non-hydrogen) atoms. The van der Waals surface area contributed by atoms with Crippen LogP contribution in [0.25, 0.3) is 0 Å². The van der Waals surface area contributed by atoms with Crippen LogP contribution in [0.3, 0.4) is 0 Å². The molecule has 2 aliphatic heterocycles. The van der Waals surface area contributed by atoms with Crippen molar-refractivity contribution in [1.29, 1.82) is 0 Å². The first-order valence-corrected chi connectivity index (χ1v) is 12.4. The number of nitrogens with zero attached hydrogens (tertiary/aromatic N) is 1. The van der Waals surface area contributed by atoms with Gasteiger partial charge in [0, 0.05) is 6.54 Å². The second kappa shape index (κ2) is 7.99. The summed E-state index contributed by atoms with van der Waals surface area (Å²) in [4.78, 5) is -0.0959. The number of benzene rings is 1. The Kier molecular flexibility index (Phi) is 6.38. The maximum atomic E-state index is 13.6. The summed E-state index contributed by atoms with van der Waals surface area (Å²) in [6.07, 6.45) is -4.08. The van der Waals surface area contributed by atoms with Gasteiger partial charge in [-0.3, -0.25) is 0 Å². The predicted octanol–water partition coefficient (Wildman–Crippen LogP) is 4.39. The van der Waals surface area contributed by atoms with E-state index in [0.29, 0.717) is 28.2 Å². The molecule has 2 saturated heterocycles. The molecule has 0 N–H and O–H groups in total. The van der Waals surface area contributed by atoms with Crippen LogP contribution in [0.2, 0.25) is 0 Å². The van der Waals surface area contributed by atoms with Crippen LogP contribution in [-0.2, 0) is 24.7 Å². The van der Waals surface area contributed by atoms with E-state index in [4.69, 9.17) is 9.31 Å². The van der Waals surface area contributed by atoms with Gasteiger partial charge in [-0.25, -0.2) is 8.42 Å². The first-order chi connectivity index (χ1) is 14.4. The Labute approximate surface area is 189 Å². The SMILES string of the molecule is CC(C)(C)c1cc(B2OC(C)(C)C(C)(C)O2)ccc1S(=O)(=O)N1CCCCC1C(F)(F)F. The molecule has 1 unspecified atom stereocenters. The van der Waals surface area contributed by atoms with Gasteiger partial charge in [0.2, 0.25) is 10.0 Å². The molecule has 3 rings (SSSR count). The lowest BCUT2D eigenvalue weighted by atomic mass is 9.75. The Balaban J connectivity index is 2.07. The standard InChI is InChI=1S/C22H33BF3NO4S/c1-19(2,3)16-14-15(23-30-20(4,5)21(6,7)31-23)11-12-17(16)32(28,29)27-13-9-8-10-18(27)22(24,25)26/h11-12,14,18H,8-10,13H2,1-7H3. The molecule has 0 radical (unpaired) electrons. The van der Waals surface area contributed by atoms with E-state index >= 15 is 0 Å². The third kappa shape index (κ3) is 4.61. The fraction of sp³-hybridized carbons (Fsp3) is 0.727. The smallest absolute Gasteiger partial charge is 0.399 e. The average Bonchev–Trinajstić information content (AvgIpc) is 2.87. The minimum atomic E-state index is -4.61. The summed E-state index contributed by atoms with van der Waals surface area (Å²) in [6.45, 7) is 13.1. The summed E-state index contributed by atoms with van der Waals surface area (Å²) in [5, 5.41) is 0. The molecule has 180 valence electrons. The highest BCUT2D eigenvalue weighted by atomic mass is 32.2. The lowest BCUT2D eigenvalue weighted by Crippen LogP contribution is -2.51. The monoisotopic (exact) mass is 475 g/mol. The highest BCUT2D eigenvalue weighted by Gasteiger charge is 2.53. The molecule has 0 aromatic heterocycles. The van der Waals surface area contributed by atoms with Crippen molar-refractivity contribution in [3.63, 3.8) is 0 Å². The van der Waals surface area contributed by atoms with E-state index in [9.17, 15) is 21.6 Å². The summed E-state index contributed by atoms with van der Waals surface area (Å²) in [5.74, 6) is 0. The zero-order valence-corrected chi connectivity index (χ0v) is 20.7. The van der Waals surface area contributed by atoms with Crippen LogP contribution in [0.1, 0.15) is 73.3 Å². The summed E-state index contributed by atoms with van der Waals surface area (Å²) in [7, 11) is -5.06.